The van der Waals surface area contributed by atoms with Crippen molar-refractivity contribution in [3.63, 3.8) is 0 Å². The first-order valence-electron chi connectivity index (χ1n) is 22.8. The van der Waals surface area contributed by atoms with Gasteiger partial charge in [-0.25, -0.2) is 4.57 Å². The standard InChI is InChI=1S/C45H84NO9P/c1-4-7-9-11-13-15-17-19-21-23-25-27-29-31-33-36-44(48)52-40-42(41-54-56(50,51)53-39-38-46-43(47)35-6-3)55-45(49)37-34-32-30-28-26-24-22-20-18-16-14-12-10-8-5-2/h19-22,42H,4-18,23-41H2,1-3H3,(H,46,47)(H,50,51)/t42-/m1/s1. The summed E-state index contributed by atoms with van der Waals surface area (Å²) in [5.74, 6) is -1.06. The molecule has 0 fully saturated rings. The van der Waals surface area contributed by atoms with E-state index < -0.39 is 32.5 Å². The van der Waals surface area contributed by atoms with E-state index in [2.05, 4.69) is 43.5 Å². The Balaban J connectivity index is 4.45. The second-order valence-electron chi connectivity index (χ2n) is 15.2. The molecule has 2 N–H and O–H groups in total. The van der Waals surface area contributed by atoms with Crippen LogP contribution in [-0.4, -0.2) is 55.2 Å². The number of hydrogen-bond acceptors (Lipinski definition) is 8. The molecule has 0 aromatic heterocycles. The minimum Gasteiger partial charge on any atom is -0.462 e. The van der Waals surface area contributed by atoms with Crippen LogP contribution in [0.15, 0.2) is 24.3 Å². The van der Waals surface area contributed by atoms with Crippen LogP contribution in [0.3, 0.4) is 0 Å². The number of ether oxygens (including phenoxy) is 2. The third-order valence-electron chi connectivity index (χ3n) is 9.59. The predicted molar refractivity (Wildman–Crippen MR) is 229 cm³/mol. The van der Waals surface area contributed by atoms with E-state index in [1.54, 1.807) is 0 Å². The van der Waals surface area contributed by atoms with Crippen molar-refractivity contribution < 1.29 is 42.4 Å². The van der Waals surface area contributed by atoms with Crippen molar-refractivity contribution in [1.29, 1.82) is 0 Å². The first-order valence-corrected chi connectivity index (χ1v) is 24.3. The van der Waals surface area contributed by atoms with Gasteiger partial charge in [0.05, 0.1) is 13.2 Å². The van der Waals surface area contributed by atoms with Gasteiger partial charge in [0.15, 0.2) is 6.10 Å². The summed E-state index contributed by atoms with van der Waals surface area (Å²) in [4.78, 5) is 46.9. The van der Waals surface area contributed by atoms with Crippen LogP contribution in [0.2, 0.25) is 0 Å². The van der Waals surface area contributed by atoms with Crippen molar-refractivity contribution in [2.45, 2.75) is 219 Å². The van der Waals surface area contributed by atoms with Crippen molar-refractivity contribution in [2.75, 3.05) is 26.4 Å². The molecule has 2 atom stereocenters. The number of carbonyl (C=O) groups is 3. The van der Waals surface area contributed by atoms with Crippen LogP contribution in [0.5, 0.6) is 0 Å². The van der Waals surface area contributed by atoms with Gasteiger partial charge in [0, 0.05) is 25.8 Å². The Morgan fingerprint density at radius 1 is 0.536 bits per heavy atom. The zero-order valence-corrected chi connectivity index (χ0v) is 37.0. The fraction of sp³-hybridized carbons (Fsp3) is 0.844. The van der Waals surface area contributed by atoms with Crippen molar-refractivity contribution in [2.24, 2.45) is 0 Å². The Kier molecular flexibility index (Phi) is 39.7. The maximum Gasteiger partial charge on any atom is 0.472 e. The largest absolute Gasteiger partial charge is 0.472 e. The fourth-order valence-corrected chi connectivity index (χ4v) is 6.93. The summed E-state index contributed by atoms with van der Waals surface area (Å²) in [6.45, 7) is 5.43. The summed E-state index contributed by atoms with van der Waals surface area (Å²) in [5.41, 5.74) is 0. The number of hydrogen-bond donors (Lipinski definition) is 2. The molecule has 0 aromatic rings. The number of phosphoric ester groups is 1. The van der Waals surface area contributed by atoms with Crippen LogP contribution in [0.1, 0.15) is 213 Å². The molecule has 0 rings (SSSR count). The third kappa shape index (κ3) is 40.2. The van der Waals surface area contributed by atoms with Crippen LogP contribution in [0.4, 0.5) is 0 Å². The molecule has 11 heteroatoms. The summed E-state index contributed by atoms with van der Waals surface area (Å²) in [5, 5.41) is 2.60. The second kappa shape index (κ2) is 41.2. The van der Waals surface area contributed by atoms with Gasteiger partial charge in [-0.2, -0.15) is 0 Å². The molecule has 328 valence electrons. The van der Waals surface area contributed by atoms with Crippen LogP contribution in [0, 0.1) is 0 Å². The average molecular weight is 814 g/mol. The highest BCUT2D eigenvalue weighted by molar-refractivity contribution is 7.47. The lowest BCUT2D eigenvalue weighted by atomic mass is 10.1. The molecule has 0 aliphatic rings. The summed E-state index contributed by atoms with van der Waals surface area (Å²) in [6.07, 6.45) is 39.8. The molecule has 0 bridgehead atoms. The molecule has 0 heterocycles. The predicted octanol–water partition coefficient (Wildman–Crippen LogP) is 12.6. The lowest BCUT2D eigenvalue weighted by molar-refractivity contribution is -0.161. The minimum atomic E-state index is -4.50. The van der Waals surface area contributed by atoms with Gasteiger partial charge in [-0.1, -0.05) is 148 Å². The van der Waals surface area contributed by atoms with Gasteiger partial charge in [-0.05, 0) is 70.6 Å². The molecule has 0 aromatic carbocycles. The Morgan fingerprint density at radius 2 is 0.964 bits per heavy atom. The molecule has 0 aliphatic carbocycles. The summed E-state index contributed by atoms with van der Waals surface area (Å²) in [6, 6.07) is 0. The Labute approximate surface area is 342 Å². The van der Waals surface area contributed by atoms with E-state index in [9.17, 15) is 23.8 Å². The van der Waals surface area contributed by atoms with Crippen LogP contribution in [-0.2, 0) is 37.5 Å². The summed E-state index contributed by atoms with van der Waals surface area (Å²) >= 11 is 0. The van der Waals surface area contributed by atoms with Crippen LogP contribution < -0.4 is 5.32 Å². The summed E-state index contributed by atoms with van der Waals surface area (Å²) < 4.78 is 33.4. The second-order valence-corrected chi connectivity index (χ2v) is 16.6. The van der Waals surface area contributed by atoms with E-state index in [1.165, 1.54) is 89.9 Å². The van der Waals surface area contributed by atoms with Gasteiger partial charge in [0.1, 0.15) is 6.61 Å². The normalized spacial score (nSPS) is 13.3. The number of allylic oxidation sites excluding steroid dienone is 4. The molecule has 0 radical (unpaired) electrons. The number of amides is 1. The number of rotatable bonds is 42. The first-order chi connectivity index (χ1) is 27.2. The highest BCUT2D eigenvalue weighted by Crippen LogP contribution is 2.43. The molecular weight excluding hydrogens is 729 g/mol. The Morgan fingerprint density at radius 3 is 1.43 bits per heavy atom. The fourth-order valence-electron chi connectivity index (χ4n) is 6.18. The average Bonchev–Trinajstić information content (AvgIpc) is 3.17. The lowest BCUT2D eigenvalue weighted by Crippen LogP contribution is -2.30. The number of nitrogens with one attached hydrogen (secondary N) is 1. The van der Waals surface area contributed by atoms with Gasteiger partial charge in [-0.3, -0.25) is 23.4 Å². The van der Waals surface area contributed by atoms with Crippen molar-refractivity contribution in [3.8, 4) is 0 Å². The maximum atomic E-state index is 12.7. The van der Waals surface area contributed by atoms with Crippen LogP contribution in [0.25, 0.3) is 0 Å². The summed E-state index contributed by atoms with van der Waals surface area (Å²) in [7, 11) is -4.50. The van der Waals surface area contributed by atoms with Crippen molar-refractivity contribution >= 4 is 25.7 Å². The highest BCUT2D eigenvalue weighted by Gasteiger charge is 2.26. The van der Waals surface area contributed by atoms with E-state index >= 15 is 0 Å². The molecule has 0 saturated heterocycles. The molecule has 1 unspecified atom stereocenters. The lowest BCUT2D eigenvalue weighted by Gasteiger charge is -2.20. The smallest absolute Gasteiger partial charge is 0.462 e. The van der Waals surface area contributed by atoms with E-state index in [0.717, 1.165) is 64.2 Å². The van der Waals surface area contributed by atoms with E-state index in [0.29, 0.717) is 25.7 Å². The maximum absolute atomic E-state index is 12.7. The Bertz CT molecular complexity index is 1040. The zero-order chi connectivity index (χ0) is 41.2. The number of carbonyl (C=O) groups excluding carboxylic acids is 3. The van der Waals surface area contributed by atoms with Crippen molar-refractivity contribution in [3.05, 3.63) is 24.3 Å². The van der Waals surface area contributed by atoms with Gasteiger partial charge in [0.25, 0.3) is 0 Å². The number of phosphoric acid groups is 1. The van der Waals surface area contributed by atoms with Crippen LogP contribution >= 0.6 is 7.82 Å². The highest BCUT2D eigenvalue weighted by atomic mass is 31.2. The minimum absolute atomic E-state index is 0.0507. The molecule has 0 spiro atoms. The van der Waals surface area contributed by atoms with Gasteiger partial charge >= 0.3 is 19.8 Å². The topological polar surface area (TPSA) is 137 Å². The van der Waals surface area contributed by atoms with E-state index in [4.69, 9.17) is 18.5 Å². The molecule has 10 nitrogen and oxygen atoms in total. The first kappa shape index (κ1) is 54.0. The molecule has 1 amide bonds. The molecule has 56 heavy (non-hydrogen) atoms. The third-order valence-corrected chi connectivity index (χ3v) is 10.6. The van der Waals surface area contributed by atoms with Gasteiger partial charge < -0.3 is 19.7 Å². The number of unbranched alkanes of at least 4 members (excludes halogenated alkanes) is 22. The monoisotopic (exact) mass is 814 g/mol. The zero-order valence-electron chi connectivity index (χ0n) is 36.1. The van der Waals surface area contributed by atoms with E-state index in [1.807, 2.05) is 6.92 Å². The van der Waals surface area contributed by atoms with Gasteiger partial charge in [0.2, 0.25) is 5.91 Å². The van der Waals surface area contributed by atoms with Crippen molar-refractivity contribution in [1.82, 2.24) is 5.32 Å². The molecule has 0 aliphatic heterocycles. The SMILES string of the molecule is CCCCCCCCC=CCCCCCCCC(=O)OC[C@H](COP(=O)(O)OCCNC(=O)CCC)OC(=O)CCCCCCCC=CCCCCCCCC. The molecular formula is C45H84NO9P. The Hall–Kier alpha value is -2.00. The molecule has 0 saturated carbocycles. The van der Waals surface area contributed by atoms with E-state index in [-0.39, 0.29) is 38.5 Å². The van der Waals surface area contributed by atoms with Gasteiger partial charge in [-0.15, -0.1) is 0 Å². The number of esters is 2. The quantitative estimate of drug-likeness (QED) is 0.0267.